The first-order valence-corrected chi connectivity index (χ1v) is 4.29. The molecular weight excluding hydrogens is 206 g/mol. The lowest BCUT2D eigenvalue weighted by Crippen LogP contribution is -2.23. The molecule has 0 aliphatic carbocycles. The van der Waals surface area contributed by atoms with E-state index in [1.807, 2.05) is 0 Å². The second-order valence-electron chi connectivity index (χ2n) is 3.23. The van der Waals surface area contributed by atoms with Crippen LogP contribution in [0.25, 0.3) is 0 Å². The van der Waals surface area contributed by atoms with Crippen molar-refractivity contribution in [3.8, 4) is 0 Å². The summed E-state index contributed by atoms with van der Waals surface area (Å²) in [7, 11) is 0. The number of benzene rings is 1. The highest BCUT2D eigenvalue weighted by atomic mass is 19.2. The molecule has 0 bridgehead atoms. The van der Waals surface area contributed by atoms with Crippen molar-refractivity contribution in [1.82, 2.24) is 0 Å². The number of aliphatic carboxylic acids is 1. The quantitative estimate of drug-likeness (QED) is 0.805. The van der Waals surface area contributed by atoms with Crippen molar-refractivity contribution in [2.75, 3.05) is 0 Å². The standard InChI is InChI=1S/C10H10F2O3/c1-5(13)9(10(14)15)6-2-3-7(11)8(12)4-6/h2-5,9,13H,1H3,(H,14,15). The van der Waals surface area contributed by atoms with Crippen LogP contribution in [-0.2, 0) is 4.79 Å². The summed E-state index contributed by atoms with van der Waals surface area (Å²) in [6.07, 6.45) is -1.17. The van der Waals surface area contributed by atoms with Gasteiger partial charge in [0, 0.05) is 0 Å². The van der Waals surface area contributed by atoms with E-state index in [-0.39, 0.29) is 5.56 Å². The predicted octanol–water partition coefficient (Wildman–Crippen LogP) is 1.51. The van der Waals surface area contributed by atoms with Crippen LogP contribution in [0.3, 0.4) is 0 Å². The van der Waals surface area contributed by atoms with Crippen LogP contribution in [0.2, 0.25) is 0 Å². The molecule has 15 heavy (non-hydrogen) atoms. The van der Waals surface area contributed by atoms with Gasteiger partial charge in [-0.15, -0.1) is 0 Å². The van der Waals surface area contributed by atoms with Gasteiger partial charge in [0.2, 0.25) is 0 Å². The second-order valence-corrected chi connectivity index (χ2v) is 3.23. The Balaban J connectivity index is 3.12. The van der Waals surface area contributed by atoms with Gasteiger partial charge in [-0.25, -0.2) is 8.78 Å². The molecule has 0 aliphatic rings. The van der Waals surface area contributed by atoms with Crippen LogP contribution in [0.4, 0.5) is 8.78 Å². The van der Waals surface area contributed by atoms with Crippen LogP contribution >= 0.6 is 0 Å². The smallest absolute Gasteiger partial charge is 0.313 e. The number of aliphatic hydroxyl groups is 1. The van der Waals surface area contributed by atoms with Gasteiger partial charge in [-0.2, -0.15) is 0 Å². The first-order chi connectivity index (χ1) is 6.93. The zero-order chi connectivity index (χ0) is 11.6. The molecular formula is C10H10F2O3. The highest BCUT2D eigenvalue weighted by Gasteiger charge is 2.25. The monoisotopic (exact) mass is 216 g/mol. The van der Waals surface area contributed by atoms with Crippen molar-refractivity contribution in [1.29, 1.82) is 0 Å². The molecule has 2 N–H and O–H groups in total. The van der Waals surface area contributed by atoms with E-state index >= 15 is 0 Å². The summed E-state index contributed by atoms with van der Waals surface area (Å²) in [5.41, 5.74) is 0.0383. The normalized spacial score (nSPS) is 14.7. The lowest BCUT2D eigenvalue weighted by Gasteiger charge is -2.15. The minimum absolute atomic E-state index is 0.0383. The highest BCUT2D eigenvalue weighted by Crippen LogP contribution is 2.22. The Morgan fingerprint density at radius 3 is 2.33 bits per heavy atom. The fourth-order valence-corrected chi connectivity index (χ4v) is 1.33. The Labute approximate surface area is 85.0 Å². The van der Waals surface area contributed by atoms with E-state index in [2.05, 4.69) is 0 Å². The van der Waals surface area contributed by atoms with E-state index in [1.54, 1.807) is 0 Å². The fourth-order valence-electron chi connectivity index (χ4n) is 1.33. The summed E-state index contributed by atoms with van der Waals surface area (Å²) in [5.74, 6) is -4.70. The maximum atomic E-state index is 12.8. The van der Waals surface area contributed by atoms with Crippen LogP contribution in [0, 0.1) is 11.6 Å². The molecule has 82 valence electrons. The summed E-state index contributed by atoms with van der Waals surface area (Å²) >= 11 is 0. The molecule has 0 amide bonds. The van der Waals surface area contributed by atoms with Gasteiger partial charge in [-0.1, -0.05) is 6.07 Å². The van der Waals surface area contributed by atoms with Gasteiger partial charge in [-0.05, 0) is 24.6 Å². The molecule has 1 aromatic rings. The molecule has 0 aliphatic heterocycles. The van der Waals surface area contributed by atoms with Crippen LogP contribution in [-0.4, -0.2) is 22.3 Å². The lowest BCUT2D eigenvalue weighted by molar-refractivity contribution is -0.141. The molecule has 3 nitrogen and oxygen atoms in total. The zero-order valence-corrected chi connectivity index (χ0v) is 7.95. The first kappa shape index (κ1) is 11.6. The molecule has 2 atom stereocenters. The summed E-state index contributed by atoms with van der Waals surface area (Å²) in [6, 6.07) is 2.76. The first-order valence-electron chi connectivity index (χ1n) is 4.29. The number of carbonyl (C=O) groups is 1. The molecule has 0 heterocycles. The molecule has 2 unspecified atom stereocenters. The fraction of sp³-hybridized carbons (Fsp3) is 0.300. The molecule has 1 aromatic carbocycles. The summed E-state index contributed by atoms with van der Waals surface area (Å²) in [4.78, 5) is 10.8. The Bertz CT molecular complexity index is 377. The number of carboxylic acids is 1. The van der Waals surface area contributed by atoms with Crippen LogP contribution in [0.15, 0.2) is 18.2 Å². The number of halogens is 2. The van der Waals surface area contributed by atoms with E-state index < -0.39 is 29.6 Å². The topological polar surface area (TPSA) is 57.5 Å². The number of rotatable bonds is 3. The number of aliphatic hydroxyl groups excluding tert-OH is 1. The van der Waals surface area contributed by atoms with E-state index in [4.69, 9.17) is 5.11 Å². The van der Waals surface area contributed by atoms with Crippen molar-refractivity contribution in [2.24, 2.45) is 0 Å². The van der Waals surface area contributed by atoms with E-state index in [0.29, 0.717) is 0 Å². The van der Waals surface area contributed by atoms with Crippen molar-refractivity contribution in [3.05, 3.63) is 35.4 Å². The number of carboxylic acid groups (broad SMARTS) is 1. The second kappa shape index (κ2) is 4.35. The molecule has 0 radical (unpaired) electrons. The van der Waals surface area contributed by atoms with Gasteiger partial charge < -0.3 is 10.2 Å². The molecule has 0 aromatic heterocycles. The van der Waals surface area contributed by atoms with Crippen molar-refractivity contribution < 1.29 is 23.8 Å². The Morgan fingerprint density at radius 2 is 1.93 bits per heavy atom. The molecule has 0 spiro atoms. The maximum absolute atomic E-state index is 12.8. The SMILES string of the molecule is CC(O)C(C(=O)O)c1ccc(F)c(F)c1. The molecule has 1 rings (SSSR count). The third kappa shape index (κ3) is 2.50. The molecule has 0 fully saturated rings. The van der Waals surface area contributed by atoms with Crippen LogP contribution in [0.1, 0.15) is 18.4 Å². The van der Waals surface area contributed by atoms with Crippen molar-refractivity contribution >= 4 is 5.97 Å². The van der Waals surface area contributed by atoms with Crippen LogP contribution < -0.4 is 0 Å². The average Bonchev–Trinajstić information content (AvgIpc) is 2.10. The molecule has 5 heteroatoms. The number of hydrogen-bond donors (Lipinski definition) is 2. The zero-order valence-electron chi connectivity index (χ0n) is 7.95. The summed E-state index contributed by atoms with van der Waals surface area (Å²) in [5, 5.41) is 18.0. The molecule has 0 saturated heterocycles. The Morgan fingerprint density at radius 1 is 1.33 bits per heavy atom. The minimum Gasteiger partial charge on any atom is -0.481 e. The number of hydrogen-bond acceptors (Lipinski definition) is 2. The van der Waals surface area contributed by atoms with Gasteiger partial charge in [-0.3, -0.25) is 4.79 Å². The third-order valence-corrected chi connectivity index (χ3v) is 2.05. The van der Waals surface area contributed by atoms with Gasteiger partial charge in [0.1, 0.15) is 5.92 Å². The average molecular weight is 216 g/mol. The van der Waals surface area contributed by atoms with Gasteiger partial charge in [0.25, 0.3) is 0 Å². The Hall–Kier alpha value is -1.49. The van der Waals surface area contributed by atoms with E-state index in [9.17, 15) is 18.7 Å². The van der Waals surface area contributed by atoms with Crippen molar-refractivity contribution in [2.45, 2.75) is 18.9 Å². The Kier molecular flexibility index (Phi) is 3.36. The summed E-state index contributed by atoms with van der Waals surface area (Å²) in [6.45, 7) is 1.28. The third-order valence-electron chi connectivity index (χ3n) is 2.05. The van der Waals surface area contributed by atoms with Crippen molar-refractivity contribution in [3.63, 3.8) is 0 Å². The largest absolute Gasteiger partial charge is 0.481 e. The van der Waals surface area contributed by atoms with Gasteiger partial charge in [0.05, 0.1) is 6.10 Å². The van der Waals surface area contributed by atoms with Gasteiger partial charge in [0.15, 0.2) is 11.6 Å². The summed E-state index contributed by atoms with van der Waals surface area (Å²) < 4.78 is 25.4. The lowest BCUT2D eigenvalue weighted by atomic mass is 9.94. The van der Waals surface area contributed by atoms with E-state index in [1.165, 1.54) is 6.92 Å². The highest BCUT2D eigenvalue weighted by molar-refractivity contribution is 5.76. The van der Waals surface area contributed by atoms with E-state index in [0.717, 1.165) is 18.2 Å². The maximum Gasteiger partial charge on any atom is 0.313 e. The predicted molar refractivity (Wildman–Crippen MR) is 48.4 cm³/mol. The van der Waals surface area contributed by atoms with Gasteiger partial charge >= 0.3 is 5.97 Å². The van der Waals surface area contributed by atoms with Crippen LogP contribution in [0.5, 0.6) is 0 Å². The minimum atomic E-state index is -1.28. The molecule has 0 saturated carbocycles.